The quantitative estimate of drug-likeness (QED) is 0.673. The van der Waals surface area contributed by atoms with Crippen LogP contribution in [0.5, 0.6) is 11.5 Å². The summed E-state index contributed by atoms with van der Waals surface area (Å²) >= 11 is 5.62. The van der Waals surface area contributed by atoms with E-state index in [4.69, 9.17) is 26.8 Å². The topological polar surface area (TPSA) is 44.5 Å². The molecular weight excluding hydrogens is 336 g/mol. The highest BCUT2D eigenvalue weighted by atomic mass is 32.1. The molecule has 1 fully saturated rings. The Bertz CT molecular complexity index is 795. The minimum atomic E-state index is 0.592. The van der Waals surface area contributed by atoms with Crippen LogP contribution in [0, 0.1) is 4.77 Å². The molecule has 3 rings (SSSR count). The zero-order valence-electron chi connectivity index (χ0n) is 15.4. The van der Waals surface area contributed by atoms with Gasteiger partial charge in [0.15, 0.2) is 4.77 Å². The van der Waals surface area contributed by atoms with Crippen LogP contribution in [-0.2, 0) is 19.8 Å². The van der Waals surface area contributed by atoms with Gasteiger partial charge >= 0.3 is 0 Å². The van der Waals surface area contributed by atoms with Gasteiger partial charge in [0.2, 0.25) is 0 Å². The maximum absolute atomic E-state index is 5.62. The maximum Gasteiger partial charge on any atom is 0.199 e. The lowest BCUT2D eigenvalue weighted by Crippen LogP contribution is -2.23. The molecule has 1 aliphatic carbocycles. The van der Waals surface area contributed by atoms with E-state index < -0.39 is 0 Å². The van der Waals surface area contributed by atoms with Gasteiger partial charge in [-0.25, -0.2) is 4.68 Å². The molecule has 0 unspecified atom stereocenters. The van der Waals surface area contributed by atoms with Crippen molar-refractivity contribution in [2.75, 3.05) is 21.3 Å². The van der Waals surface area contributed by atoms with Crippen molar-refractivity contribution in [2.24, 2.45) is 0 Å². The molecule has 7 heteroatoms. The summed E-state index contributed by atoms with van der Waals surface area (Å²) in [4.78, 5) is 2.18. The molecule has 1 saturated carbocycles. The van der Waals surface area contributed by atoms with Gasteiger partial charge in [-0.05, 0) is 45.1 Å². The largest absolute Gasteiger partial charge is 0.497 e. The Morgan fingerprint density at radius 3 is 2.64 bits per heavy atom. The Kier molecular flexibility index (Phi) is 5.44. The third kappa shape index (κ3) is 3.88. The molecular formula is C18H26N4O2S. The fourth-order valence-corrected chi connectivity index (χ4v) is 3.36. The zero-order valence-corrected chi connectivity index (χ0v) is 16.2. The minimum Gasteiger partial charge on any atom is -0.497 e. The second-order valence-electron chi connectivity index (χ2n) is 6.49. The fraction of sp³-hybridized carbons (Fsp3) is 0.556. The Balaban J connectivity index is 1.75. The van der Waals surface area contributed by atoms with Crippen molar-refractivity contribution in [1.82, 2.24) is 19.2 Å². The number of aromatic nitrogens is 3. The Morgan fingerprint density at radius 2 is 2.04 bits per heavy atom. The number of hydrogen-bond donors (Lipinski definition) is 0. The van der Waals surface area contributed by atoms with Gasteiger partial charge < -0.3 is 14.0 Å². The van der Waals surface area contributed by atoms with E-state index in [1.165, 1.54) is 12.8 Å². The van der Waals surface area contributed by atoms with Gasteiger partial charge in [0.05, 0.1) is 20.9 Å². The maximum atomic E-state index is 5.62. The van der Waals surface area contributed by atoms with Crippen molar-refractivity contribution in [3.8, 4) is 11.5 Å². The van der Waals surface area contributed by atoms with Crippen LogP contribution in [0.1, 0.15) is 37.1 Å². The third-order valence-corrected chi connectivity index (χ3v) is 4.95. The lowest BCUT2D eigenvalue weighted by molar-refractivity contribution is 0.239. The number of ether oxygens (including phenoxy) is 2. The molecule has 0 atom stereocenters. The van der Waals surface area contributed by atoms with E-state index in [1.807, 2.05) is 22.9 Å². The lowest BCUT2D eigenvalue weighted by Gasteiger charge is -2.18. The van der Waals surface area contributed by atoms with Crippen molar-refractivity contribution in [3.05, 3.63) is 34.4 Å². The molecule has 0 spiro atoms. The summed E-state index contributed by atoms with van der Waals surface area (Å²) in [5.74, 6) is 3.35. The van der Waals surface area contributed by atoms with Crippen molar-refractivity contribution in [2.45, 2.75) is 45.4 Å². The smallest absolute Gasteiger partial charge is 0.199 e. The van der Waals surface area contributed by atoms with Gasteiger partial charge in [-0.1, -0.05) is 6.07 Å². The summed E-state index contributed by atoms with van der Waals surface area (Å²) < 4.78 is 15.6. The molecule has 0 N–H and O–H groups in total. The van der Waals surface area contributed by atoms with Crippen LogP contribution in [0.2, 0.25) is 0 Å². The van der Waals surface area contributed by atoms with E-state index in [0.717, 1.165) is 40.7 Å². The Hall–Kier alpha value is -1.86. The standard InChI is InChI=1S/C18H26N4O2S/c1-5-21-17(13-6-7-13)19-22(18(21)25)12-20(2)11-14-8-9-15(23-3)10-16(14)24-4/h8-10,13H,5-7,11-12H2,1-4H3. The molecule has 0 amide bonds. The van der Waals surface area contributed by atoms with Crippen LogP contribution in [-0.4, -0.2) is 40.5 Å². The summed E-state index contributed by atoms with van der Waals surface area (Å²) in [6.07, 6.45) is 2.45. The van der Waals surface area contributed by atoms with Gasteiger partial charge in [-0.3, -0.25) is 4.90 Å². The summed E-state index contributed by atoms with van der Waals surface area (Å²) in [5.41, 5.74) is 1.11. The predicted molar refractivity (Wildman–Crippen MR) is 99.7 cm³/mol. The molecule has 0 saturated heterocycles. The van der Waals surface area contributed by atoms with E-state index in [1.54, 1.807) is 14.2 Å². The first-order chi connectivity index (χ1) is 12.1. The van der Waals surface area contributed by atoms with E-state index in [-0.39, 0.29) is 0 Å². The highest BCUT2D eigenvalue weighted by molar-refractivity contribution is 7.71. The summed E-state index contributed by atoms with van der Waals surface area (Å²) in [5, 5.41) is 4.78. The molecule has 0 radical (unpaired) electrons. The van der Waals surface area contributed by atoms with Crippen molar-refractivity contribution in [3.63, 3.8) is 0 Å². The second kappa shape index (κ2) is 7.58. The van der Waals surface area contributed by atoms with Crippen LogP contribution in [0.25, 0.3) is 0 Å². The van der Waals surface area contributed by atoms with Crippen LogP contribution in [0.15, 0.2) is 18.2 Å². The average molecular weight is 362 g/mol. The van der Waals surface area contributed by atoms with Crippen LogP contribution in [0.3, 0.4) is 0 Å². The lowest BCUT2D eigenvalue weighted by atomic mass is 10.2. The van der Waals surface area contributed by atoms with Crippen molar-refractivity contribution >= 4 is 12.2 Å². The first-order valence-corrected chi connectivity index (χ1v) is 9.05. The normalized spacial score (nSPS) is 14.1. The van der Waals surface area contributed by atoms with Gasteiger partial charge in [0.25, 0.3) is 0 Å². The van der Waals surface area contributed by atoms with Gasteiger partial charge in [-0.2, -0.15) is 5.10 Å². The molecule has 0 aliphatic heterocycles. The summed E-state index contributed by atoms with van der Waals surface area (Å²) in [7, 11) is 5.40. The van der Waals surface area contributed by atoms with E-state index in [2.05, 4.69) is 23.4 Å². The van der Waals surface area contributed by atoms with Crippen molar-refractivity contribution < 1.29 is 9.47 Å². The number of benzene rings is 1. The Labute approximate surface area is 154 Å². The van der Waals surface area contributed by atoms with E-state index in [9.17, 15) is 0 Å². The first-order valence-electron chi connectivity index (χ1n) is 8.64. The van der Waals surface area contributed by atoms with Gasteiger partial charge in [-0.15, -0.1) is 0 Å². The van der Waals surface area contributed by atoms with Crippen LogP contribution < -0.4 is 9.47 Å². The van der Waals surface area contributed by atoms with E-state index >= 15 is 0 Å². The van der Waals surface area contributed by atoms with Crippen LogP contribution in [0.4, 0.5) is 0 Å². The molecule has 6 nitrogen and oxygen atoms in total. The van der Waals surface area contributed by atoms with Crippen LogP contribution >= 0.6 is 12.2 Å². The molecule has 1 aliphatic rings. The molecule has 25 heavy (non-hydrogen) atoms. The molecule has 2 aromatic rings. The first kappa shape index (κ1) is 17.9. The highest BCUT2D eigenvalue weighted by Crippen LogP contribution is 2.39. The van der Waals surface area contributed by atoms with Gasteiger partial charge in [0.1, 0.15) is 17.3 Å². The third-order valence-electron chi connectivity index (χ3n) is 4.52. The Morgan fingerprint density at radius 1 is 1.28 bits per heavy atom. The average Bonchev–Trinajstić information content (AvgIpc) is 3.41. The minimum absolute atomic E-state index is 0.592. The number of rotatable bonds is 8. The summed E-state index contributed by atoms with van der Waals surface area (Å²) in [6, 6.07) is 5.90. The molecule has 1 aromatic carbocycles. The predicted octanol–water partition coefficient (Wildman–Crippen LogP) is 3.42. The van der Waals surface area contributed by atoms with E-state index in [0.29, 0.717) is 12.6 Å². The number of nitrogens with zero attached hydrogens (tertiary/aromatic N) is 4. The fourth-order valence-electron chi connectivity index (χ4n) is 3.04. The molecule has 136 valence electrons. The molecule has 1 heterocycles. The van der Waals surface area contributed by atoms with Crippen molar-refractivity contribution in [1.29, 1.82) is 0 Å². The second-order valence-corrected chi connectivity index (χ2v) is 6.86. The summed E-state index contributed by atoms with van der Waals surface area (Å²) in [6.45, 7) is 4.40. The highest BCUT2D eigenvalue weighted by Gasteiger charge is 2.29. The SMILES string of the molecule is CCn1c(C2CC2)nn(CN(C)Cc2ccc(OC)cc2OC)c1=S. The number of methoxy groups -OCH3 is 2. The number of hydrogen-bond acceptors (Lipinski definition) is 5. The zero-order chi connectivity index (χ0) is 18.0. The van der Waals surface area contributed by atoms with Gasteiger partial charge in [0, 0.05) is 30.6 Å². The monoisotopic (exact) mass is 362 g/mol. The molecule has 1 aromatic heterocycles. The molecule has 0 bridgehead atoms.